The molecule has 132 valence electrons. The van der Waals surface area contributed by atoms with E-state index in [2.05, 4.69) is 4.74 Å². The minimum absolute atomic E-state index is 0.213. The van der Waals surface area contributed by atoms with Crippen molar-refractivity contribution in [2.24, 2.45) is 0 Å². The summed E-state index contributed by atoms with van der Waals surface area (Å²) in [5.41, 5.74) is 0.596. The maximum Gasteiger partial charge on any atom is 0.461 e. The van der Waals surface area contributed by atoms with Crippen molar-refractivity contribution in [3.8, 4) is 5.75 Å². The third-order valence-electron chi connectivity index (χ3n) is 3.00. The second-order valence-corrected chi connectivity index (χ2v) is 5.68. The van der Waals surface area contributed by atoms with E-state index in [0.29, 0.717) is 10.6 Å². The molecule has 25 heavy (non-hydrogen) atoms. The van der Waals surface area contributed by atoms with E-state index in [-0.39, 0.29) is 10.6 Å². The van der Waals surface area contributed by atoms with E-state index in [1.807, 2.05) is 0 Å². The van der Waals surface area contributed by atoms with E-state index >= 15 is 0 Å². The zero-order valence-corrected chi connectivity index (χ0v) is 13.9. The second kappa shape index (κ2) is 7.89. The highest BCUT2D eigenvalue weighted by atomic mass is 35.5. The third-order valence-corrected chi connectivity index (χ3v) is 3.74. The summed E-state index contributed by atoms with van der Waals surface area (Å²) in [6, 6.07) is 9.37. The van der Waals surface area contributed by atoms with Crippen molar-refractivity contribution < 1.29 is 27.1 Å². The fourth-order valence-corrected chi connectivity index (χ4v) is 2.10. The number of carbonyl (C=O) groups is 1. The van der Waals surface area contributed by atoms with Gasteiger partial charge in [0.05, 0.1) is 10.0 Å². The quantitative estimate of drug-likeness (QED) is 0.336. The van der Waals surface area contributed by atoms with Crippen LogP contribution in [0, 0.1) is 0 Å². The summed E-state index contributed by atoms with van der Waals surface area (Å²) in [7, 11) is 0. The van der Waals surface area contributed by atoms with Crippen LogP contribution in [0.1, 0.15) is 15.9 Å². The van der Waals surface area contributed by atoms with E-state index in [9.17, 15) is 22.4 Å². The van der Waals surface area contributed by atoms with Gasteiger partial charge in [-0.3, -0.25) is 4.79 Å². The number of benzene rings is 2. The number of carbonyl (C=O) groups excluding carboxylic acids is 1. The fourth-order valence-electron chi connectivity index (χ4n) is 1.80. The van der Waals surface area contributed by atoms with Crippen LogP contribution < -0.4 is 4.74 Å². The molecule has 8 heteroatoms. The maximum absolute atomic E-state index is 12.9. The van der Waals surface area contributed by atoms with E-state index in [1.165, 1.54) is 42.5 Å². The average Bonchev–Trinajstić information content (AvgIpc) is 2.55. The van der Waals surface area contributed by atoms with E-state index in [0.717, 1.165) is 12.1 Å². The minimum Gasteiger partial charge on any atom is -0.428 e. The first kappa shape index (κ1) is 19.3. The SMILES string of the molecule is O=C(/C=C/c1cccc(OC(F)(F)C(F)F)c1)c1ccc(Cl)c(Cl)c1. The molecule has 2 rings (SSSR count). The number of alkyl halides is 4. The van der Waals surface area contributed by atoms with Crippen molar-refractivity contribution in [3.63, 3.8) is 0 Å². The monoisotopic (exact) mass is 392 g/mol. The molecule has 0 atom stereocenters. The molecule has 0 saturated heterocycles. The van der Waals surface area contributed by atoms with Gasteiger partial charge in [0, 0.05) is 5.56 Å². The molecule has 0 fully saturated rings. The molecular formula is C17H10Cl2F4O2. The molecule has 0 bridgehead atoms. The summed E-state index contributed by atoms with van der Waals surface area (Å²) in [6.07, 6.45) is -6.04. The van der Waals surface area contributed by atoms with Crippen LogP contribution >= 0.6 is 23.2 Å². The zero-order valence-electron chi connectivity index (χ0n) is 12.4. The lowest BCUT2D eigenvalue weighted by molar-refractivity contribution is -0.253. The highest BCUT2D eigenvalue weighted by Gasteiger charge is 2.43. The Kier molecular flexibility index (Phi) is 6.08. The predicted molar refractivity (Wildman–Crippen MR) is 87.8 cm³/mol. The lowest BCUT2D eigenvalue weighted by Crippen LogP contribution is -2.33. The molecule has 0 spiro atoms. The van der Waals surface area contributed by atoms with Gasteiger partial charge in [-0.05, 0) is 42.0 Å². The van der Waals surface area contributed by atoms with Crippen LogP contribution in [0.2, 0.25) is 10.0 Å². The smallest absolute Gasteiger partial charge is 0.428 e. The molecule has 0 aromatic heterocycles. The highest BCUT2D eigenvalue weighted by Crippen LogP contribution is 2.28. The van der Waals surface area contributed by atoms with Crippen molar-refractivity contribution in [1.29, 1.82) is 0 Å². The standard InChI is InChI=1S/C17H10Cl2F4O2/c18-13-6-5-11(9-14(13)19)15(24)7-4-10-2-1-3-12(8-10)25-17(22,23)16(20)21/h1-9,16H/b7-4+. The summed E-state index contributed by atoms with van der Waals surface area (Å²) in [4.78, 5) is 12.0. The fraction of sp³-hybridized carbons (Fsp3) is 0.118. The van der Waals surface area contributed by atoms with Gasteiger partial charge in [0.2, 0.25) is 0 Å². The number of allylic oxidation sites excluding steroid dienone is 1. The zero-order chi connectivity index (χ0) is 18.6. The van der Waals surface area contributed by atoms with Crippen molar-refractivity contribution >= 4 is 35.1 Å². The maximum atomic E-state index is 12.9. The Hall–Kier alpha value is -2.05. The molecule has 0 aliphatic rings. The largest absolute Gasteiger partial charge is 0.461 e. The molecule has 0 amide bonds. The molecule has 0 heterocycles. The molecule has 0 saturated carbocycles. The van der Waals surface area contributed by atoms with Gasteiger partial charge in [-0.2, -0.15) is 17.6 Å². The molecule has 0 radical (unpaired) electrons. The molecule has 0 aliphatic heterocycles. The Bertz CT molecular complexity index is 807. The Morgan fingerprint density at radius 2 is 1.80 bits per heavy atom. The first-order chi connectivity index (χ1) is 11.7. The number of halogens is 6. The molecule has 0 aliphatic carbocycles. The van der Waals surface area contributed by atoms with Gasteiger partial charge < -0.3 is 4.74 Å². The Morgan fingerprint density at radius 1 is 1.08 bits per heavy atom. The van der Waals surface area contributed by atoms with Gasteiger partial charge >= 0.3 is 12.5 Å². The number of hydrogen-bond acceptors (Lipinski definition) is 2. The number of ketones is 1. The van der Waals surface area contributed by atoms with E-state index in [1.54, 1.807) is 0 Å². The van der Waals surface area contributed by atoms with Crippen molar-refractivity contribution in [2.45, 2.75) is 12.5 Å². The molecular weight excluding hydrogens is 383 g/mol. The van der Waals surface area contributed by atoms with Gasteiger partial charge in [-0.25, -0.2) is 0 Å². The first-order valence-electron chi connectivity index (χ1n) is 6.81. The topological polar surface area (TPSA) is 26.3 Å². The van der Waals surface area contributed by atoms with Crippen LogP contribution in [-0.2, 0) is 0 Å². The Balaban J connectivity index is 2.14. The minimum atomic E-state index is -4.60. The molecule has 2 aromatic carbocycles. The van der Waals surface area contributed by atoms with Gasteiger partial charge in [-0.15, -0.1) is 0 Å². The first-order valence-corrected chi connectivity index (χ1v) is 7.57. The number of rotatable bonds is 6. The number of ether oxygens (including phenoxy) is 1. The third kappa shape index (κ3) is 5.21. The van der Waals surface area contributed by atoms with Crippen LogP contribution in [0.25, 0.3) is 6.08 Å². The van der Waals surface area contributed by atoms with Crippen molar-refractivity contribution in [1.82, 2.24) is 0 Å². The van der Waals surface area contributed by atoms with Crippen molar-refractivity contribution in [3.05, 3.63) is 69.7 Å². The second-order valence-electron chi connectivity index (χ2n) is 4.86. The Labute approximate surface area is 150 Å². The van der Waals surface area contributed by atoms with Crippen LogP contribution in [0.5, 0.6) is 5.75 Å². The summed E-state index contributed by atoms with van der Waals surface area (Å²) < 4.78 is 54.1. The number of hydrogen-bond donors (Lipinski definition) is 0. The van der Waals surface area contributed by atoms with Gasteiger partial charge in [0.15, 0.2) is 5.78 Å². The highest BCUT2D eigenvalue weighted by molar-refractivity contribution is 6.42. The lowest BCUT2D eigenvalue weighted by atomic mass is 10.1. The van der Waals surface area contributed by atoms with Crippen molar-refractivity contribution in [2.75, 3.05) is 0 Å². The molecule has 0 unspecified atom stereocenters. The summed E-state index contributed by atoms with van der Waals surface area (Å²) in [6.45, 7) is 0. The molecule has 0 N–H and O–H groups in total. The Morgan fingerprint density at radius 3 is 2.44 bits per heavy atom. The van der Waals surface area contributed by atoms with Crippen LogP contribution in [0.3, 0.4) is 0 Å². The predicted octanol–water partition coefficient (Wildman–Crippen LogP) is 6.13. The lowest BCUT2D eigenvalue weighted by Gasteiger charge is -2.16. The summed E-state index contributed by atoms with van der Waals surface area (Å²) in [5, 5.41) is 0.512. The summed E-state index contributed by atoms with van der Waals surface area (Å²) >= 11 is 11.6. The van der Waals surface area contributed by atoms with E-state index < -0.39 is 24.1 Å². The van der Waals surface area contributed by atoms with Gasteiger partial charge in [0.25, 0.3) is 0 Å². The van der Waals surface area contributed by atoms with Crippen LogP contribution in [0.4, 0.5) is 17.6 Å². The summed E-state index contributed by atoms with van der Waals surface area (Å²) in [5.74, 6) is -0.850. The van der Waals surface area contributed by atoms with Gasteiger partial charge in [0.1, 0.15) is 5.75 Å². The van der Waals surface area contributed by atoms with Crippen LogP contribution in [-0.4, -0.2) is 18.3 Å². The van der Waals surface area contributed by atoms with E-state index in [4.69, 9.17) is 23.2 Å². The molecule has 2 nitrogen and oxygen atoms in total. The normalized spacial score (nSPS) is 12.0. The average molecular weight is 393 g/mol. The van der Waals surface area contributed by atoms with Crippen LogP contribution in [0.15, 0.2) is 48.5 Å². The molecule has 2 aromatic rings. The van der Waals surface area contributed by atoms with Gasteiger partial charge in [-0.1, -0.05) is 41.4 Å².